The minimum atomic E-state index is 0.578. The largest absolute Gasteiger partial charge is 0.486 e. The summed E-state index contributed by atoms with van der Waals surface area (Å²) >= 11 is 0. The van der Waals surface area contributed by atoms with Crippen LogP contribution in [-0.2, 0) is 19.7 Å². The van der Waals surface area contributed by atoms with Crippen LogP contribution in [0.25, 0.3) is 0 Å². The highest BCUT2D eigenvalue weighted by Crippen LogP contribution is 2.14. The molecule has 0 radical (unpaired) electrons. The fraction of sp³-hybridized carbons (Fsp3) is 0.471. The summed E-state index contributed by atoms with van der Waals surface area (Å²) in [7, 11) is 0. The van der Waals surface area contributed by atoms with Crippen molar-refractivity contribution < 1.29 is 4.74 Å². The first-order valence-electron chi connectivity index (χ1n) is 7.61. The molecule has 1 aromatic heterocycles. The fourth-order valence-electron chi connectivity index (χ4n) is 2.12. The summed E-state index contributed by atoms with van der Waals surface area (Å²) in [5.41, 5.74) is 2.51. The van der Waals surface area contributed by atoms with Crippen LogP contribution in [0, 0.1) is 5.92 Å². The van der Waals surface area contributed by atoms with Crippen LogP contribution in [0.3, 0.4) is 0 Å². The van der Waals surface area contributed by atoms with Crippen molar-refractivity contribution >= 4 is 0 Å². The maximum absolute atomic E-state index is 5.83. The molecule has 2 rings (SSSR count). The van der Waals surface area contributed by atoms with Crippen LogP contribution in [0.2, 0.25) is 0 Å². The van der Waals surface area contributed by atoms with E-state index in [1.54, 1.807) is 6.20 Å². The zero-order valence-electron chi connectivity index (χ0n) is 13.2. The molecule has 2 aromatic rings. The number of hydrogen-bond donors (Lipinski definition) is 1. The Bertz CT molecular complexity index is 548. The first-order valence-corrected chi connectivity index (χ1v) is 7.61. The second-order valence-corrected chi connectivity index (χ2v) is 5.61. The van der Waals surface area contributed by atoms with Crippen LogP contribution < -0.4 is 10.1 Å². The van der Waals surface area contributed by atoms with Crippen LogP contribution in [-0.4, -0.2) is 16.3 Å². The third kappa shape index (κ3) is 4.90. The molecular weight excluding hydrogens is 262 g/mol. The van der Waals surface area contributed by atoms with E-state index in [2.05, 4.69) is 55.5 Å². The van der Waals surface area contributed by atoms with E-state index < -0.39 is 0 Å². The van der Waals surface area contributed by atoms with Gasteiger partial charge in [-0.1, -0.05) is 38.1 Å². The third-order valence-corrected chi connectivity index (χ3v) is 3.31. The molecule has 0 aliphatic rings. The molecule has 0 spiro atoms. The summed E-state index contributed by atoms with van der Waals surface area (Å²) in [6.07, 6.45) is 3.70. The highest BCUT2D eigenvalue weighted by Gasteiger charge is 2.04. The quantitative estimate of drug-likeness (QED) is 0.810. The molecule has 21 heavy (non-hydrogen) atoms. The number of aryl methyl sites for hydroxylation is 1. The Morgan fingerprint density at radius 2 is 2.00 bits per heavy atom. The fourth-order valence-corrected chi connectivity index (χ4v) is 2.12. The second-order valence-electron chi connectivity index (χ2n) is 5.61. The number of ether oxygens (including phenoxy) is 1. The van der Waals surface area contributed by atoms with Gasteiger partial charge in [-0.15, -0.1) is 0 Å². The van der Waals surface area contributed by atoms with Gasteiger partial charge in [-0.05, 0) is 30.5 Å². The second kappa shape index (κ2) is 7.84. The van der Waals surface area contributed by atoms with Crippen LogP contribution in [0.15, 0.2) is 36.7 Å². The minimum absolute atomic E-state index is 0.578. The minimum Gasteiger partial charge on any atom is -0.486 e. The van der Waals surface area contributed by atoms with Gasteiger partial charge in [0.1, 0.15) is 6.61 Å². The van der Waals surface area contributed by atoms with E-state index in [1.807, 2.05) is 10.9 Å². The summed E-state index contributed by atoms with van der Waals surface area (Å²) in [6.45, 7) is 9.84. The van der Waals surface area contributed by atoms with Crippen molar-refractivity contribution in [2.24, 2.45) is 5.92 Å². The van der Waals surface area contributed by atoms with Gasteiger partial charge in [0.05, 0.1) is 12.4 Å². The first kappa shape index (κ1) is 15.6. The molecule has 0 saturated heterocycles. The molecule has 0 aliphatic heterocycles. The molecule has 0 unspecified atom stereocenters. The molecule has 1 heterocycles. The average molecular weight is 287 g/mol. The van der Waals surface area contributed by atoms with Gasteiger partial charge in [-0.3, -0.25) is 4.68 Å². The lowest BCUT2D eigenvalue weighted by atomic mass is 10.1. The summed E-state index contributed by atoms with van der Waals surface area (Å²) in [5, 5.41) is 7.70. The molecule has 1 N–H and O–H groups in total. The van der Waals surface area contributed by atoms with Crippen LogP contribution >= 0.6 is 0 Å². The zero-order valence-corrected chi connectivity index (χ0v) is 13.2. The number of nitrogens with zero attached hydrogens (tertiary/aromatic N) is 2. The summed E-state index contributed by atoms with van der Waals surface area (Å²) in [6, 6.07) is 8.41. The van der Waals surface area contributed by atoms with Crippen molar-refractivity contribution in [1.29, 1.82) is 0 Å². The Morgan fingerprint density at radius 1 is 1.24 bits per heavy atom. The van der Waals surface area contributed by atoms with Crippen LogP contribution in [0.4, 0.5) is 0 Å². The highest BCUT2D eigenvalue weighted by molar-refractivity contribution is 5.27. The molecule has 4 heteroatoms. The monoisotopic (exact) mass is 287 g/mol. The molecule has 1 aromatic carbocycles. The van der Waals surface area contributed by atoms with E-state index in [9.17, 15) is 0 Å². The topological polar surface area (TPSA) is 39.1 Å². The maximum atomic E-state index is 5.83. The van der Waals surface area contributed by atoms with Crippen molar-refractivity contribution in [2.75, 3.05) is 6.54 Å². The van der Waals surface area contributed by atoms with Gasteiger partial charge in [0.25, 0.3) is 0 Å². The van der Waals surface area contributed by atoms with Crippen molar-refractivity contribution in [3.05, 3.63) is 47.8 Å². The van der Waals surface area contributed by atoms with Crippen molar-refractivity contribution in [3.63, 3.8) is 0 Å². The SMILES string of the molecule is CCn1cc(OCc2ccccc2CNCC(C)C)cn1. The van der Waals surface area contributed by atoms with Crippen LogP contribution in [0.5, 0.6) is 5.75 Å². The highest BCUT2D eigenvalue weighted by atomic mass is 16.5. The van der Waals surface area contributed by atoms with Crippen LogP contribution in [0.1, 0.15) is 31.9 Å². The maximum Gasteiger partial charge on any atom is 0.157 e. The smallest absolute Gasteiger partial charge is 0.157 e. The molecule has 114 valence electrons. The van der Waals surface area contributed by atoms with E-state index >= 15 is 0 Å². The van der Waals surface area contributed by atoms with Gasteiger partial charge < -0.3 is 10.1 Å². The number of nitrogens with one attached hydrogen (secondary N) is 1. The Hall–Kier alpha value is -1.81. The van der Waals surface area contributed by atoms with Crippen molar-refractivity contribution in [2.45, 2.75) is 40.5 Å². The normalized spacial score (nSPS) is 11.0. The molecule has 0 atom stereocenters. The van der Waals surface area contributed by atoms with Gasteiger partial charge in [0.2, 0.25) is 0 Å². The lowest BCUT2D eigenvalue weighted by Gasteiger charge is -2.12. The van der Waals surface area contributed by atoms with Gasteiger partial charge in [0, 0.05) is 13.1 Å². The molecule has 0 fully saturated rings. The van der Waals surface area contributed by atoms with E-state index in [1.165, 1.54) is 11.1 Å². The molecule has 0 saturated carbocycles. The van der Waals surface area contributed by atoms with Gasteiger partial charge in [-0.25, -0.2) is 0 Å². The molecule has 0 amide bonds. The summed E-state index contributed by atoms with van der Waals surface area (Å²) in [4.78, 5) is 0. The summed E-state index contributed by atoms with van der Waals surface area (Å²) in [5.74, 6) is 1.48. The number of rotatable bonds is 8. The lowest BCUT2D eigenvalue weighted by Crippen LogP contribution is -2.20. The number of benzene rings is 1. The summed E-state index contributed by atoms with van der Waals surface area (Å²) < 4.78 is 7.70. The Morgan fingerprint density at radius 3 is 2.67 bits per heavy atom. The number of aromatic nitrogens is 2. The number of hydrogen-bond acceptors (Lipinski definition) is 3. The predicted octanol–water partition coefficient (Wildman–Crippen LogP) is 3.23. The van der Waals surface area contributed by atoms with E-state index in [0.717, 1.165) is 25.4 Å². The standard InChI is InChI=1S/C17H25N3O/c1-4-20-12-17(11-19-20)21-13-16-8-6-5-7-15(16)10-18-9-14(2)3/h5-8,11-12,14,18H,4,9-10,13H2,1-3H3. The first-order chi connectivity index (χ1) is 10.2. The van der Waals surface area contributed by atoms with Gasteiger partial charge >= 0.3 is 0 Å². The third-order valence-electron chi connectivity index (χ3n) is 3.31. The average Bonchev–Trinajstić information content (AvgIpc) is 2.94. The Kier molecular flexibility index (Phi) is 5.81. The van der Waals surface area contributed by atoms with E-state index in [4.69, 9.17) is 4.74 Å². The molecule has 0 aliphatic carbocycles. The van der Waals surface area contributed by atoms with E-state index in [0.29, 0.717) is 12.5 Å². The van der Waals surface area contributed by atoms with Gasteiger partial charge in [0.15, 0.2) is 5.75 Å². The lowest BCUT2D eigenvalue weighted by molar-refractivity contribution is 0.304. The van der Waals surface area contributed by atoms with Crippen molar-refractivity contribution in [1.82, 2.24) is 15.1 Å². The molecule has 4 nitrogen and oxygen atoms in total. The van der Waals surface area contributed by atoms with Crippen molar-refractivity contribution in [3.8, 4) is 5.75 Å². The Labute approximate surface area is 127 Å². The van der Waals surface area contributed by atoms with E-state index in [-0.39, 0.29) is 0 Å². The zero-order chi connectivity index (χ0) is 15.1. The van der Waals surface area contributed by atoms with Gasteiger partial charge in [-0.2, -0.15) is 5.10 Å². The predicted molar refractivity (Wildman–Crippen MR) is 85.2 cm³/mol. The molecule has 0 bridgehead atoms. The molecular formula is C17H25N3O. The Balaban J connectivity index is 1.92.